The number of benzene rings is 2. The molecule has 2 aromatic rings. The van der Waals surface area contributed by atoms with Crippen LogP contribution >= 0.6 is 0 Å². The van der Waals surface area contributed by atoms with Gasteiger partial charge in [0, 0.05) is 42.4 Å². The number of carbonyl (C=O) groups excluding carboxylic acids is 5. The number of halogens is 7. The fourth-order valence-electron chi connectivity index (χ4n) is 6.96. The van der Waals surface area contributed by atoms with Crippen molar-refractivity contribution in [2.75, 3.05) is 13.7 Å². The molecule has 3 aliphatic rings. The SMILES string of the molecule is CCCCC(=O)OCC(=O)[C@]1(O)Cc2c(O)c3c(c(O)c2[C@@H](OC2CC(NC(=O)C(F)(F)C(F)(F)C(F)(F)F)C(O)C(C)O2)C1)C(=O)c1c(OC)cccc1C3=O. The summed E-state index contributed by atoms with van der Waals surface area (Å²) < 4.78 is 116. The predicted octanol–water partition coefficient (Wildman–Crippen LogP) is 3.73. The van der Waals surface area contributed by atoms with Gasteiger partial charge >= 0.3 is 24.0 Å². The predicted molar refractivity (Wildman–Crippen MR) is 175 cm³/mol. The zero-order valence-electron chi connectivity index (χ0n) is 30.2. The Morgan fingerprint density at radius 2 is 1.65 bits per heavy atom. The Morgan fingerprint density at radius 3 is 2.26 bits per heavy atom. The minimum Gasteiger partial charge on any atom is -0.507 e. The molecule has 0 aromatic heterocycles. The lowest BCUT2D eigenvalue weighted by atomic mass is 9.72. The minimum atomic E-state index is -6.86. The average Bonchev–Trinajstić information content (AvgIpc) is 3.14. The minimum absolute atomic E-state index is 0.0828. The van der Waals surface area contributed by atoms with Gasteiger partial charge in [-0.15, -0.1) is 0 Å². The molecule has 1 amide bonds. The molecule has 1 fully saturated rings. The van der Waals surface area contributed by atoms with E-state index < -0.39 is 143 Å². The van der Waals surface area contributed by atoms with Crippen LogP contribution in [0.25, 0.3) is 0 Å². The third kappa shape index (κ3) is 7.52. The van der Waals surface area contributed by atoms with Crippen LogP contribution in [0.3, 0.4) is 0 Å². The lowest BCUT2D eigenvalue weighted by Gasteiger charge is -2.43. The van der Waals surface area contributed by atoms with Crippen molar-refractivity contribution in [1.82, 2.24) is 5.32 Å². The van der Waals surface area contributed by atoms with Gasteiger partial charge in [0.1, 0.15) is 29.0 Å². The summed E-state index contributed by atoms with van der Waals surface area (Å²) >= 11 is 0. The number of phenolic OH excluding ortho intramolecular Hbond substituents is 2. The Hall–Kier alpha value is -4.86. The Kier molecular flexibility index (Phi) is 11.7. The van der Waals surface area contributed by atoms with Crippen LogP contribution in [0, 0.1) is 0 Å². The molecule has 1 saturated heterocycles. The van der Waals surface area contributed by atoms with Crippen LogP contribution in [0.2, 0.25) is 0 Å². The second kappa shape index (κ2) is 15.5. The van der Waals surface area contributed by atoms with Gasteiger partial charge < -0.3 is 44.7 Å². The maximum Gasteiger partial charge on any atom is 0.460 e. The van der Waals surface area contributed by atoms with Gasteiger partial charge in [-0.25, -0.2) is 0 Å². The molecular weight excluding hydrogens is 787 g/mol. The lowest BCUT2D eigenvalue weighted by molar-refractivity contribution is -0.344. The number of aromatic hydroxyl groups is 2. The molecule has 0 bridgehead atoms. The lowest BCUT2D eigenvalue weighted by Crippen LogP contribution is -2.63. The molecule has 57 heavy (non-hydrogen) atoms. The van der Waals surface area contributed by atoms with E-state index >= 15 is 0 Å². The van der Waals surface area contributed by atoms with Crippen LogP contribution in [0.15, 0.2) is 18.2 Å². The van der Waals surface area contributed by atoms with Gasteiger partial charge in [-0.05, 0) is 19.4 Å². The third-order valence-electron chi connectivity index (χ3n) is 10.1. The van der Waals surface area contributed by atoms with Crippen LogP contribution in [0.1, 0.15) is 95.0 Å². The van der Waals surface area contributed by atoms with Crippen molar-refractivity contribution in [2.45, 2.75) is 107 Å². The molecule has 0 spiro atoms. The summed E-state index contributed by atoms with van der Waals surface area (Å²) in [5, 5.41) is 46.9. The zero-order chi connectivity index (χ0) is 42.6. The van der Waals surface area contributed by atoms with E-state index in [2.05, 4.69) is 0 Å². The molecule has 0 saturated carbocycles. The van der Waals surface area contributed by atoms with E-state index in [4.69, 9.17) is 18.9 Å². The zero-order valence-corrected chi connectivity index (χ0v) is 30.2. The summed E-state index contributed by atoms with van der Waals surface area (Å²) in [5.74, 6) is -22.4. The number of Topliss-reactive ketones (excluding diaryl/α,β-unsaturated/α-hetero) is 1. The van der Waals surface area contributed by atoms with Gasteiger partial charge in [0.05, 0.1) is 42.0 Å². The summed E-state index contributed by atoms with van der Waals surface area (Å²) in [6.07, 6.45) is -16.0. The molecule has 14 nitrogen and oxygen atoms in total. The van der Waals surface area contributed by atoms with E-state index in [1.165, 1.54) is 30.6 Å². The Labute approximate surface area is 317 Å². The van der Waals surface area contributed by atoms with E-state index in [9.17, 15) is 75.1 Å². The second-order valence-corrected chi connectivity index (χ2v) is 13.8. The third-order valence-corrected chi connectivity index (χ3v) is 10.1. The van der Waals surface area contributed by atoms with E-state index in [1.807, 2.05) is 0 Å². The van der Waals surface area contributed by atoms with Gasteiger partial charge in [-0.2, -0.15) is 30.7 Å². The first-order chi connectivity index (χ1) is 26.4. The monoisotopic (exact) mass is 823 g/mol. The molecule has 312 valence electrons. The highest BCUT2D eigenvalue weighted by molar-refractivity contribution is 6.31. The Morgan fingerprint density at radius 1 is 1.00 bits per heavy atom. The first-order valence-electron chi connectivity index (χ1n) is 17.3. The molecule has 5 rings (SSSR count). The van der Waals surface area contributed by atoms with Crippen molar-refractivity contribution < 1.29 is 94.1 Å². The summed E-state index contributed by atoms with van der Waals surface area (Å²) in [4.78, 5) is 65.6. The van der Waals surface area contributed by atoms with Crippen molar-refractivity contribution in [3.63, 3.8) is 0 Å². The number of ether oxygens (including phenoxy) is 4. The number of esters is 1. The largest absolute Gasteiger partial charge is 0.507 e. The molecule has 6 atom stereocenters. The van der Waals surface area contributed by atoms with Gasteiger partial charge in [0.25, 0.3) is 5.91 Å². The fourth-order valence-corrected chi connectivity index (χ4v) is 6.96. The fraction of sp³-hybridized carbons (Fsp3) is 0.528. The number of amides is 1. The number of carbonyl (C=O) groups is 5. The van der Waals surface area contributed by atoms with E-state index in [1.54, 1.807) is 6.92 Å². The summed E-state index contributed by atoms with van der Waals surface area (Å²) in [6.45, 7) is 1.83. The number of hydrogen-bond donors (Lipinski definition) is 5. The summed E-state index contributed by atoms with van der Waals surface area (Å²) in [5.41, 5.74) is -5.72. The number of aliphatic hydroxyl groups is 2. The first kappa shape index (κ1) is 43.3. The van der Waals surface area contributed by atoms with Gasteiger partial charge in [0.15, 0.2) is 18.7 Å². The summed E-state index contributed by atoms with van der Waals surface area (Å²) in [7, 11) is 1.19. The number of unbranched alkanes of at least 4 members (excludes halogenated alkanes) is 1. The number of methoxy groups -OCH3 is 1. The van der Waals surface area contributed by atoms with Crippen LogP contribution < -0.4 is 10.1 Å². The molecule has 1 aliphatic heterocycles. The number of hydrogen-bond acceptors (Lipinski definition) is 13. The standard InChI is InChI=1S/C36H36F7NO13/c1-4-5-9-21(46)55-13-20(45)33(53)11-16-24(31(51)26-25(29(16)49)28(48)15-7-6-8-18(54-3)23(15)30(26)50)19(12-33)57-22-10-17(27(47)14(2)56-22)44-32(52)34(37,38)35(39,40)36(41,42)43/h6-8,14,17,19,22,27,47,49,51,53H,4-5,9-13H2,1-3H3,(H,44,52)/t14?,17?,19-,22?,27?,33-/m0/s1. The number of nitrogens with one attached hydrogen (secondary N) is 1. The number of fused-ring (bicyclic) bond motifs is 3. The van der Waals surface area contributed by atoms with Gasteiger partial charge in [0.2, 0.25) is 11.6 Å². The normalized spacial score (nSPS) is 24.9. The second-order valence-electron chi connectivity index (χ2n) is 13.8. The quantitative estimate of drug-likeness (QED) is 0.100. The molecule has 2 aliphatic carbocycles. The van der Waals surface area contributed by atoms with Crippen LogP contribution in [0.5, 0.6) is 17.2 Å². The average molecular weight is 824 g/mol. The van der Waals surface area contributed by atoms with Crippen LogP contribution in [-0.2, 0) is 35.0 Å². The number of phenols is 2. The first-order valence-corrected chi connectivity index (χ1v) is 17.3. The van der Waals surface area contributed by atoms with Crippen molar-refractivity contribution in [1.29, 1.82) is 0 Å². The maximum absolute atomic E-state index is 14.2. The molecule has 5 N–H and O–H groups in total. The van der Waals surface area contributed by atoms with Crippen LogP contribution in [0.4, 0.5) is 30.7 Å². The number of rotatable bonds is 12. The van der Waals surface area contributed by atoms with E-state index in [0.29, 0.717) is 12.8 Å². The molecule has 1 heterocycles. The maximum atomic E-state index is 14.2. The molecule has 0 radical (unpaired) electrons. The van der Waals surface area contributed by atoms with Crippen molar-refractivity contribution in [2.24, 2.45) is 0 Å². The van der Waals surface area contributed by atoms with Gasteiger partial charge in [-0.1, -0.05) is 25.5 Å². The number of alkyl halides is 7. The Bertz CT molecular complexity index is 1990. The van der Waals surface area contributed by atoms with E-state index in [-0.39, 0.29) is 23.3 Å². The Balaban J connectivity index is 1.56. The highest BCUT2D eigenvalue weighted by atomic mass is 19.4. The van der Waals surface area contributed by atoms with Crippen LogP contribution in [-0.4, -0.2) is 112 Å². The smallest absolute Gasteiger partial charge is 0.460 e. The number of ketones is 3. The van der Waals surface area contributed by atoms with Crippen molar-refractivity contribution in [3.8, 4) is 17.2 Å². The topological polar surface area (TPSA) is 215 Å². The number of aliphatic hydroxyl groups excluding tert-OH is 1. The van der Waals surface area contributed by atoms with Crippen molar-refractivity contribution >= 4 is 29.2 Å². The van der Waals surface area contributed by atoms with Crippen molar-refractivity contribution in [3.05, 3.63) is 51.6 Å². The van der Waals surface area contributed by atoms with E-state index in [0.717, 1.165) is 6.92 Å². The molecule has 21 heteroatoms. The molecule has 4 unspecified atom stereocenters. The van der Waals surface area contributed by atoms with Gasteiger partial charge in [-0.3, -0.25) is 24.0 Å². The molecule has 2 aromatic carbocycles. The highest BCUT2D eigenvalue weighted by Crippen LogP contribution is 2.53. The molecular formula is C36H36F7NO13. The highest BCUT2D eigenvalue weighted by Gasteiger charge is 2.76. The summed E-state index contributed by atoms with van der Waals surface area (Å²) in [6, 6.07) is 1.87.